The molecule has 2 N–H and O–H groups in total. The van der Waals surface area contributed by atoms with Crippen LogP contribution in [0.1, 0.15) is 25.7 Å². The lowest BCUT2D eigenvalue weighted by Crippen LogP contribution is -2.56. The fourth-order valence-corrected chi connectivity index (χ4v) is 3.01. The van der Waals surface area contributed by atoms with E-state index in [2.05, 4.69) is 26.3 Å². The number of rotatable bonds is 10. The van der Waals surface area contributed by atoms with Gasteiger partial charge in [0, 0.05) is 12.8 Å². The van der Waals surface area contributed by atoms with Gasteiger partial charge in [-0.25, -0.2) is 0 Å². The summed E-state index contributed by atoms with van der Waals surface area (Å²) in [6.45, 7) is 14.3. The van der Waals surface area contributed by atoms with Crippen LogP contribution in [0.25, 0.3) is 0 Å². The van der Waals surface area contributed by atoms with Crippen LogP contribution in [0.3, 0.4) is 0 Å². The van der Waals surface area contributed by atoms with Gasteiger partial charge in [-0.15, -0.1) is 26.3 Å². The largest absolute Gasteiger partial charge is 0.393 e. The van der Waals surface area contributed by atoms with Crippen molar-refractivity contribution in [1.82, 2.24) is 0 Å². The summed E-state index contributed by atoms with van der Waals surface area (Å²) in [6, 6.07) is 0. The monoisotopic (exact) mass is 294 g/mol. The first kappa shape index (κ1) is 17.9. The first-order chi connectivity index (χ1) is 10.0. The zero-order valence-electron chi connectivity index (χ0n) is 12.6. The third kappa shape index (κ3) is 3.04. The van der Waals surface area contributed by atoms with Crippen molar-refractivity contribution in [1.29, 1.82) is 0 Å². The quantitative estimate of drug-likeness (QED) is 0.608. The third-order valence-electron chi connectivity index (χ3n) is 3.96. The van der Waals surface area contributed by atoms with E-state index in [9.17, 15) is 10.2 Å². The van der Waals surface area contributed by atoms with Crippen molar-refractivity contribution in [3.63, 3.8) is 0 Å². The van der Waals surface area contributed by atoms with Crippen LogP contribution in [0.15, 0.2) is 50.6 Å². The van der Waals surface area contributed by atoms with Gasteiger partial charge in [-0.3, -0.25) is 0 Å². The average Bonchev–Trinajstić information content (AvgIpc) is 2.72. The van der Waals surface area contributed by atoms with Crippen LogP contribution in [0.4, 0.5) is 0 Å². The zero-order chi connectivity index (χ0) is 16.0. The van der Waals surface area contributed by atoms with Gasteiger partial charge in [0.15, 0.2) is 5.79 Å². The topological polar surface area (TPSA) is 58.9 Å². The summed E-state index contributed by atoms with van der Waals surface area (Å²) in [5.41, 5.74) is -2.13. The third-order valence-corrected chi connectivity index (χ3v) is 3.96. The second-order valence-electron chi connectivity index (χ2n) is 5.39. The van der Waals surface area contributed by atoms with Crippen LogP contribution in [-0.2, 0) is 9.47 Å². The molecule has 4 nitrogen and oxygen atoms in total. The van der Waals surface area contributed by atoms with Crippen molar-refractivity contribution in [2.75, 3.05) is 13.2 Å². The SMILES string of the molecule is C=CCC1(CC=C)OC(CO)(CC=C)C(CO)(CC=C)O1. The molecule has 0 aromatic heterocycles. The Kier molecular flexibility index (Phi) is 6.10. The summed E-state index contributed by atoms with van der Waals surface area (Å²) in [5.74, 6) is -0.985. The van der Waals surface area contributed by atoms with Gasteiger partial charge in [-0.05, 0) is 12.8 Å². The standard InChI is InChI=1S/C17H26O4/c1-5-9-15(13-18)16(14-19,10-6-2)21-17(20-15,11-7-3)12-8-4/h5-8,18-19H,1-4,9-14H2. The molecule has 21 heavy (non-hydrogen) atoms. The molecule has 0 amide bonds. The minimum Gasteiger partial charge on any atom is -0.393 e. The molecule has 0 aromatic carbocycles. The number of hydrogen-bond donors (Lipinski definition) is 2. The molecular formula is C17H26O4. The molecule has 1 aliphatic rings. The van der Waals surface area contributed by atoms with Crippen LogP contribution >= 0.6 is 0 Å². The van der Waals surface area contributed by atoms with E-state index in [1.165, 1.54) is 0 Å². The van der Waals surface area contributed by atoms with E-state index in [1.807, 2.05) is 0 Å². The van der Waals surface area contributed by atoms with Crippen molar-refractivity contribution in [3.8, 4) is 0 Å². The molecule has 2 unspecified atom stereocenters. The minimum absolute atomic E-state index is 0.288. The van der Waals surface area contributed by atoms with Crippen molar-refractivity contribution in [2.24, 2.45) is 0 Å². The highest BCUT2D eigenvalue weighted by atomic mass is 16.8. The molecule has 0 radical (unpaired) electrons. The maximum atomic E-state index is 9.96. The predicted octanol–water partition coefficient (Wildman–Crippen LogP) is 2.50. The molecule has 0 aromatic rings. The fraction of sp³-hybridized carbons (Fsp3) is 0.529. The summed E-state index contributed by atoms with van der Waals surface area (Å²) < 4.78 is 12.3. The second-order valence-corrected chi connectivity index (χ2v) is 5.39. The highest BCUT2D eigenvalue weighted by Gasteiger charge is 2.64. The first-order valence-corrected chi connectivity index (χ1v) is 7.09. The van der Waals surface area contributed by atoms with Gasteiger partial charge in [0.05, 0.1) is 13.2 Å². The van der Waals surface area contributed by atoms with Gasteiger partial charge in [-0.2, -0.15) is 0 Å². The van der Waals surface area contributed by atoms with Gasteiger partial charge in [0.25, 0.3) is 0 Å². The van der Waals surface area contributed by atoms with Crippen molar-refractivity contribution >= 4 is 0 Å². The lowest BCUT2D eigenvalue weighted by atomic mass is 9.79. The van der Waals surface area contributed by atoms with E-state index in [-0.39, 0.29) is 13.2 Å². The van der Waals surface area contributed by atoms with E-state index in [4.69, 9.17) is 9.47 Å². The zero-order valence-corrected chi connectivity index (χ0v) is 12.6. The Morgan fingerprint density at radius 1 is 0.667 bits per heavy atom. The molecule has 0 aliphatic carbocycles. The van der Waals surface area contributed by atoms with Gasteiger partial charge in [0.1, 0.15) is 11.2 Å². The molecule has 2 atom stereocenters. The van der Waals surface area contributed by atoms with Crippen molar-refractivity contribution < 1.29 is 19.7 Å². The normalized spacial score (nSPS) is 30.8. The Morgan fingerprint density at radius 3 is 1.24 bits per heavy atom. The number of aliphatic hydroxyl groups excluding tert-OH is 2. The smallest absolute Gasteiger partial charge is 0.177 e. The molecular weight excluding hydrogens is 268 g/mol. The van der Waals surface area contributed by atoms with Crippen molar-refractivity contribution in [3.05, 3.63) is 50.6 Å². The molecule has 1 fully saturated rings. The lowest BCUT2D eigenvalue weighted by Gasteiger charge is -2.39. The minimum atomic E-state index is -1.07. The van der Waals surface area contributed by atoms with Gasteiger partial charge in [0.2, 0.25) is 0 Å². The highest BCUT2D eigenvalue weighted by Crippen LogP contribution is 2.51. The van der Waals surface area contributed by atoms with Crippen LogP contribution < -0.4 is 0 Å². The molecule has 4 heteroatoms. The van der Waals surface area contributed by atoms with Crippen LogP contribution in [0.5, 0.6) is 0 Å². The van der Waals surface area contributed by atoms with E-state index in [0.29, 0.717) is 25.7 Å². The number of ether oxygens (including phenoxy) is 2. The molecule has 1 aliphatic heterocycles. The summed E-state index contributed by atoms with van der Waals surface area (Å²) in [7, 11) is 0. The fourth-order valence-electron chi connectivity index (χ4n) is 3.01. The highest BCUT2D eigenvalue weighted by molar-refractivity contribution is 5.14. The van der Waals surface area contributed by atoms with E-state index >= 15 is 0 Å². The first-order valence-electron chi connectivity index (χ1n) is 7.09. The summed E-state index contributed by atoms with van der Waals surface area (Å²) >= 11 is 0. The van der Waals surface area contributed by atoms with Gasteiger partial charge >= 0.3 is 0 Å². The summed E-state index contributed by atoms with van der Waals surface area (Å²) in [4.78, 5) is 0. The molecule has 118 valence electrons. The average molecular weight is 294 g/mol. The summed E-state index contributed by atoms with van der Waals surface area (Å²) in [6.07, 6.45) is 8.27. The molecule has 1 heterocycles. The van der Waals surface area contributed by atoms with E-state index in [0.717, 1.165) is 0 Å². The molecule has 0 bridgehead atoms. The maximum Gasteiger partial charge on any atom is 0.177 e. The van der Waals surface area contributed by atoms with Crippen LogP contribution in [0, 0.1) is 0 Å². The Balaban J connectivity index is 3.35. The number of aliphatic hydroxyl groups is 2. The Labute approximate surface area is 127 Å². The van der Waals surface area contributed by atoms with Gasteiger partial charge in [-0.1, -0.05) is 24.3 Å². The summed E-state index contributed by atoms with van der Waals surface area (Å²) in [5, 5.41) is 19.9. The molecule has 1 saturated heterocycles. The van der Waals surface area contributed by atoms with Crippen molar-refractivity contribution in [2.45, 2.75) is 42.7 Å². The van der Waals surface area contributed by atoms with E-state index in [1.54, 1.807) is 24.3 Å². The maximum absolute atomic E-state index is 9.96. The Bertz CT molecular complexity index is 366. The molecule has 0 saturated carbocycles. The van der Waals surface area contributed by atoms with Crippen LogP contribution in [-0.4, -0.2) is 40.4 Å². The van der Waals surface area contributed by atoms with Gasteiger partial charge < -0.3 is 19.7 Å². The lowest BCUT2D eigenvalue weighted by molar-refractivity contribution is -0.197. The Hall–Kier alpha value is -1.20. The Morgan fingerprint density at radius 2 is 1.00 bits per heavy atom. The number of hydrogen-bond acceptors (Lipinski definition) is 4. The van der Waals surface area contributed by atoms with E-state index < -0.39 is 17.0 Å². The second kappa shape index (κ2) is 7.18. The molecule has 1 rings (SSSR count). The predicted molar refractivity (Wildman–Crippen MR) is 83.8 cm³/mol. The molecule has 0 spiro atoms. The van der Waals surface area contributed by atoms with Crippen LogP contribution in [0.2, 0.25) is 0 Å².